The van der Waals surface area contributed by atoms with Crippen LogP contribution in [-0.4, -0.2) is 11.7 Å². The van der Waals surface area contributed by atoms with E-state index in [4.69, 9.17) is 17.3 Å². The number of carbonyl (C=O) groups excluding carboxylic acids is 2. The molecular formula is C17H17BrClNO2. The minimum atomic E-state index is -0.458. The number of Topliss-reactive ketones (excluding diaryl/α,β-unsaturated/α-hetero) is 1. The first-order valence-corrected chi connectivity index (χ1v) is 8.44. The fourth-order valence-electron chi connectivity index (χ4n) is 3.61. The lowest BCUT2D eigenvalue weighted by Crippen LogP contribution is -2.28. The van der Waals surface area contributed by atoms with Gasteiger partial charge in [-0.2, -0.15) is 0 Å². The smallest absolute Gasteiger partial charge is 0.249 e. The maximum absolute atomic E-state index is 12.0. The second-order valence-electron chi connectivity index (χ2n) is 6.49. The molecule has 1 unspecified atom stereocenters. The predicted octanol–water partition coefficient (Wildman–Crippen LogP) is 4.29. The molecule has 0 heterocycles. The number of hydrogen-bond donors (Lipinski definition) is 1. The first-order chi connectivity index (χ1) is 10.2. The molecule has 0 aromatic heterocycles. The van der Waals surface area contributed by atoms with Crippen molar-refractivity contribution in [2.75, 3.05) is 0 Å². The lowest BCUT2D eigenvalue weighted by atomic mass is 9.71. The van der Waals surface area contributed by atoms with Gasteiger partial charge in [-0.05, 0) is 71.3 Å². The standard InChI is InChI=1S/C17H17BrClNO2/c1-8(21)17(2)4-3-10-9(7-17)5-11-12(16(20)22)6-13(19)15(18)14(10)11/h6H,3-5,7H2,1-2H3,(H2,20,22). The van der Waals surface area contributed by atoms with E-state index in [1.807, 2.05) is 6.92 Å². The zero-order valence-electron chi connectivity index (χ0n) is 12.6. The van der Waals surface area contributed by atoms with Gasteiger partial charge in [0.1, 0.15) is 5.78 Å². The Kier molecular flexibility index (Phi) is 3.73. The molecular weight excluding hydrogens is 366 g/mol. The van der Waals surface area contributed by atoms with E-state index in [1.165, 1.54) is 11.1 Å². The molecule has 3 rings (SSSR count). The van der Waals surface area contributed by atoms with Gasteiger partial charge in [0.15, 0.2) is 0 Å². The van der Waals surface area contributed by atoms with E-state index in [1.54, 1.807) is 13.0 Å². The van der Waals surface area contributed by atoms with E-state index in [9.17, 15) is 9.59 Å². The average Bonchev–Trinajstić information content (AvgIpc) is 2.80. The Labute approximate surface area is 143 Å². The van der Waals surface area contributed by atoms with Crippen molar-refractivity contribution < 1.29 is 9.59 Å². The summed E-state index contributed by atoms with van der Waals surface area (Å²) in [5.41, 5.74) is 10.1. The molecule has 2 aliphatic rings. The summed E-state index contributed by atoms with van der Waals surface area (Å²) in [6.45, 7) is 3.69. The largest absolute Gasteiger partial charge is 0.366 e. The highest BCUT2D eigenvalue weighted by Gasteiger charge is 2.39. The Bertz CT molecular complexity index is 754. The van der Waals surface area contributed by atoms with Crippen molar-refractivity contribution in [1.29, 1.82) is 0 Å². The van der Waals surface area contributed by atoms with Gasteiger partial charge < -0.3 is 5.73 Å². The Hall–Kier alpha value is -1.13. The van der Waals surface area contributed by atoms with Gasteiger partial charge in [-0.3, -0.25) is 9.59 Å². The number of amides is 1. The number of allylic oxidation sites excluding steroid dienone is 2. The SMILES string of the molecule is CC(=O)C1(C)CCC2=C(Cc3c(C(N)=O)cc(Cl)c(Br)c32)C1. The third-order valence-corrected chi connectivity index (χ3v) is 6.44. The first kappa shape index (κ1) is 15.8. The number of nitrogens with two attached hydrogens (primary N) is 1. The van der Waals surface area contributed by atoms with Gasteiger partial charge in [0, 0.05) is 15.5 Å². The first-order valence-electron chi connectivity index (χ1n) is 7.27. The molecule has 1 atom stereocenters. The van der Waals surface area contributed by atoms with Gasteiger partial charge in [-0.1, -0.05) is 24.1 Å². The van der Waals surface area contributed by atoms with Crippen LogP contribution >= 0.6 is 27.5 Å². The molecule has 0 bridgehead atoms. The molecule has 2 N–H and O–H groups in total. The molecule has 1 amide bonds. The summed E-state index contributed by atoms with van der Waals surface area (Å²) < 4.78 is 0.825. The number of hydrogen-bond acceptors (Lipinski definition) is 2. The normalized spacial score (nSPS) is 23.3. The van der Waals surface area contributed by atoms with Crippen LogP contribution in [0.4, 0.5) is 0 Å². The van der Waals surface area contributed by atoms with Crippen molar-refractivity contribution in [1.82, 2.24) is 0 Å². The summed E-state index contributed by atoms with van der Waals surface area (Å²) in [5, 5.41) is 0.501. The van der Waals surface area contributed by atoms with Crippen molar-refractivity contribution >= 4 is 44.8 Å². The molecule has 0 spiro atoms. The summed E-state index contributed by atoms with van der Waals surface area (Å²) >= 11 is 9.80. The Balaban J connectivity index is 2.13. The fraction of sp³-hybridized carbons (Fsp3) is 0.412. The molecule has 1 aromatic rings. The van der Waals surface area contributed by atoms with E-state index in [2.05, 4.69) is 15.9 Å². The van der Waals surface area contributed by atoms with Crippen LogP contribution in [0.15, 0.2) is 16.1 Å². The maximum Gasteiger partial charge on any atom is 0.249 e. The van der Waals surface area contributed by atoms with Crippen molar-refractivity contribution in [3.8, 4) is 0 Å². The number of rotatable bonds is 2. The molecule has 0 saturated heterocycles. The molecule has 116 valence electrons. The molecule has 2 aliphatic carbocycles. The number of fused-ring (bicyclic) bond motifs is 2. The van der Waals surface area contributed by atoms with E-state index < -0.39 is 5.91 Å². The Morgan fingerprint density at radius 1 is 1.41 bits per heavy atom. The number of primary amides is 1. The number of halogens is 2. The topological polar surface area (TPSA) is 60.2 Å². The highest BCUT2D eigenvalue weighted by Crippen LogP contribution is 2.52. The van der Waals surface area contributed by atoms with Gasteiger partial charge in [0.05, 0.1) is 5.02 Å². The minimum absolute atomic E-state index is 0.224. The molecule has 0 saturated carbocycles. The van der Waals surface area contributed by atoms with Gasteiger partial charge in [0.2, 0.25) is 5.91 Å². The van der Waals surface area contributed by atoms with Crippen molar-refractivity contribution in [3.63, 3.8) is 0 Å². The molecule has 3 nitrogen and oxygen atoms in total. The zero-order chi connectivity index (χ0) is 16.2. The number of benzene rings is 1. The van der Waals surface area contributed by atoms with Crippen LogP contribution in [0.5, 0.6) is 0 Å². The van der Waals surface area contributed by atoms with Gasteiger partial charge in [-0.15, -0.1) is 0 Å². The van der Waals surface area contributed by atoms with E-state index in [0.29, 0.717) is 17.0 Å². The molecule has 5 heteroatoms. The average molecular weight is 383 g/mol. The Morgan fingerprint density at radius 2 is 2.09 bits per heavy atom. The van der Waals surface area contributed by atoms with Crippen LogP contribution < -0.4 is 5.73 Å². The fourth-order valence-corrected chi connectivity index (χ4v) is 4.41. The Morgan fingerprint density at radius 3 is 2.68 bits per heavy atom. The highest BCUT2D eigenvalue weighted by molar-refractivity contribution is 9.10. The van der Waals surface area contributed by atoms with Crippen LogP contribution in [0.25, 0.3) is 5.57 Å². The van der Waals surface area contributed by atoms with Crippen LogP contribution in [0.2, 0.25) is 5.02 Å². The van der Waals surface area contributed by atoms with Crippen LogP contribution in [0.3, 0.4) is 0 Å². The number of ketones is 1. The van der Waals surface area contributed by atoms with Crippen molar-refractivity contribution in [3.05, 3.63) is 37.8 Å². The molecule has 22 heavy (non-hydrogen) atoms. The molecule has 0 aliphatic heterocycles. The highest BCUT2D eigenvalue weighted by atomic mass is 79.9. The third kappa shape index (κ3) is 2.24. The zero-order valence-corrected chi connectivity index (χ0v) is 14.9. The van der Waals surface area contributed by atoms with Crippen LogP contribution in [-0.2, 0) is 11.2 Å². The summed E-state index contributed by atoms with van der Waals surface area (Å²) in [6.07, 6.45) is 3.08. The lowest BCUT2D eigenvalue weighted by Gasteiger charge is -2.32. The van der Waals surface area contributed by atoms with Crippen molar-refractivity contribution in [2.24, 2.45) is 11.1 Å². The predicted molar refractivity (Wildman–Crippen MR) is 90.9 cm³/mol. The third-order valence-electron chi connectivity index (χ3n) is 5.09. The minimum Gasteiger partial charge on any atom is -0.366 e. The lowest BCUT2D eigenvalue weighted by molar-refractivity contribution is -0.126. The molecule has 1 aromatic carbocycles. The molecule has 0 radical (unpaired) electrons. The summed E-state index contributed by atoms with van der Waals surface area (Å²) in [5.74, 6) is -0.234. The van der Waals surface area contributed by atoms with E-state index in [-0.39, 0.29) is 11.2 Å². The number of carbonyl (C=O) groups is 2. The van der Waals surface area contributed by atoms with Gasteiger partial charge in [-0.25, -0.2) is 0 Å². The monoisotopic (exact) mass is 381 g/mol. The molecule has 0 fully saturated rings. The van der Waals surface area contributed by atoms with Gasteiger partial charge >= 0.3 is 0 Å². The van der Waals surface area contributed by atoms with Crippen molar-refractivity contribution in [2.45, 2.75) is 39.5 Å². The second-order valence-corrected chi connectivity index (χ2v) is 7.69. The summed E-state index contributed by atoms with van der Waals surface area (Å²) in [7, 11) is 0. The summed E-state index contributed by atoms with van der Waals surface area (Å²) in [6, 6.07) is 1.63. The van der Waals surface area contributed by atoms with Crippen LogP contribution in [0, 0.1) is 5.41 Å². The van der Waals surface area contributed by atoms with Gasteiger partial charge in [0.25, 0.3) is 0 Å². The van der Waals surface area contributed by atoms with E-state index >= 15 is 0 Å². The van der Waals surface area contributed by atoms with E-state index in [0.717, 1.165) is 34.9 Å². The van der Waals surface area contributed by atoms with Crippen LogP contribution in [0.1, 0.15) is 54.6 Å². The second kappa shape index (κ2) is 5.20. The maximum atomic E-state index is 12.0. The summed E-state index contributed by atoms with van der Waals surface area (Å²) in [4.78, 5) is 23.7. The quantitative estimate of drug-likeness (QED) is 0.829.